The Bertz CT molecular complexity index is 359. The average molecular weight is 207 g/mol. The Morgan fingerprint density at radius 2 is 2.47 bits per heavy atom. The number of aromatic nitrogens is 1. The molecule has 0 amide bonds. The van der Waals surface area contributed by atoms with Gasteiger partial charge in [0.05, 0.1) is 13.3 Å². The molecule has 1 unspecified atom stereocenters. The fourth-order valence-corrected chi connectivity index (χ4v) is 1.64. The van der Waals surface area contributed by atoms with Crippen LogP contribution in [0.1, 0.15) is 23.2 Å². The summed E-state index contributed by atoms with van der Waals surface area (Å²) in [5, 5.41) is 0. The van der Waals surface area contributed by atoms with Gasteiger partial charge in [-0.15, -0.1) is 0 Å². The summed E-state index contributed by atoms with van der Waals surface area (Å²) in [6.45, 7) is 0.674. The number of methoxy groups -OCH3 is 1. The topological polar surface area (TPSA) is 48.4 Å². The molecule has 1 atom stereocenters. The third kappa shape index (κ3) is 2.15. The fourth-order valence-electron chi connectivity index (χ4n) is 1.64. The molecule has 0 radical (unpaired) electrons. The molecule has 1 aliphatic heterocycles. The summed E-state index contributed by atoms with van der Waals surface area (Å²) in [6, 6.07) is 1.69. The van der Waals surface area contributed by atoms with Crippen molar-refractivity contribution in [3.8, 4) is 5.75 Å². The molecule has 1 aliphatic rings. The van der Waals surface area contributed by atoms with Gasteiger partial charge >= 0.3 is 0 Å². The maximum absolute atomic E-state index is 11.9. The maximum Gasteiger partial charge on any atom is 0.193 e. The lowest BCUT2D eigenvalue weighted by molar-refractivity contribution is 0.0642. The van der Waals surface area contributed by atoms with E-state index in [0.29, 0.717) is 17.9 Å². The molecule has 0 saturated carbocycles. The summed E-state index contributed by atoms with van der Waals surface area (Å²) >= 11 is 0. The molecule has 0 bridgehead atoms. The number of Topliss-reactive ketones (excluding diaryl/α,β-unsaturated/α-hetero) is 1. The van der Waals surface area contributed by atoms with E-state index in [1.807, 2.05) is 0 Å². The number of hydrogen-bond acceptors (Lipinski definition) is 4. The smallest absolute Gasteiger partial charge is 0.193 e. The SMILES string of the molecule is COc1cncc(C(=O)C2CCCO2)c1. The van der Waals surface area contributed by atoms with Gasteiger partial charge in [0.25, 0.3) is 0 Å². The predicted molar refractivity (Wildman–Crippen MR) is 54.1 cm³/mol. The zero-order valence-corrected chi connectivity index (χ0v) is 8.60. The van der Waals surface area contributed by atoms with Crippen LogP contribution in [-0.4, -0.2) is 30.6 Å². The van der Waals surface area contributed by atoms with Crippen LogP contribution < -0.4 is 4.74 Å². The van der Waals surface area contributed by atoms with Crippen LogP contribution in [0.5, 0.6) is 5.75 Å². The second-order valence-corrected chi connectivity index (χ2v) is 3.48. The molecule has 0 aliphatic carbocycles. The van der Waals surface area contributed by atoms with Gasteiger partial charge in [0.1, 0.15) is 11.9 Å². The van der Waals surface area contributed by atoms with Gasteiger partial charge in [0, 0.05) is 18.4 Å². The molecule has 1 aromatic heterocycles. The first kappa shape index (κ1) is 10.1. The lowest BCUT2D eigenvalue weighted by atomic mass is 10.1. The van der Waals surface area contributed by atoms with Crippen molar-refractivity contribution >= 4 is 5.78 Å². The van der Waals surface area contributed by atoms with Gasteiger partial charge in [0.15, 0.2) is 5.78 Å². The third-order valence-electron chi connectivity index (χ3n) is 2.46. The van der Waals surface area contributed by atoms with Crippen molar-refractivity contribution in [3.05, 3.63) is 24.0 Å². The van der Waals surface area contributed by atoms with Crippen LogP contribution >= 0.6 is 0 Å². The molecule has 4 nitrogen and oxygen atoms in total. The summed E-state index contributed by atoms with van der Waals surface area (Å²) in [4.78, 5) is 15.8. The Labute approximate surface area is 88.2 Å². The summed E-state index contributed by atoms with van der Waals surface area (Å²) in [5.41, 5.74) is 0.557. The van der Waals surface area contributed by atoms with Gasteiger partial charge in [-0.25, -0.2) is 0 Å². The minimum absolute atomic E-state index is 0.00102. The van der Waals surface area contributed by atoms with E-state index in [4.69, 9.17) is 9.47 Å². The van der Waals surface area contributed by atoms with Crippen LogP contribution in [0.3, 0.4) is 0 Å². The van der Waals surface area contributed by atoms with Crippen molar-refractivity contribution in [3.63, 3.8) is 0 Å². The number of nitrogens with zero attached hydrogens (tertiary/aromatic N) is 1. The minimum Gasteiger partial charge on any atom is -0.495 e. The highest BCUT2D eigenvalue weighted by Crippen LogP contribution is 2.19. The Morgan fingerprint density at radius 1 is 1.60 bits per heavy atom. The normalized spacial score (nSPS) is 20.2. The first-order chi connectivity index (χ1) is 7.31. The fraction of sp³-hybridized carbons (Fsp3) is 0.455. The minimum atomic E-state index is -0.293. The lowest BCUT2D eigenvalue weighted by Gasteiger charge is -2.08. The molecule has 0 N–H and O–H groups in total. The molecule has 0 aromatic carbocycles. The third-order valence-corrected chi connectivity index (χ3v) is 2.46. The molecule has 15 heavy (non-hydrogen) atoms. The van der Waals surface area contributed by atoms with E-state index in [0.717, 1.165) is 12.8 Å². The van der Waals surface area contributed by atoms with Crippen molar-refractivity contribution in [2.75, 3.05) is 13.7 Å². The van der Waals surface area contributed by atoms with Crippen molar-refractivity contribution in [2.45, 2.75) is 18.9 Å². The molecule has 1 saturated heterocycles. The molecule has 2 rings (SSSR count). The van der Waals surface area contributed by atoms with Gasteiger partial charge in [-0.3, -0.25) is 9.78 Å². The molecule has 0 spiro atoms. The molecule has 1 fully saturated rings. The highest BCUT2D eigenvalue weighted by molar-refractivity contribution is 5.99. The van der Waals surface area contributed by atoms with Crippen LogP contribution in [0.2, 0.25) is 0 Å². The average Bonchev–Trinajstić information content (AvgIpc) is 2.81. The Balaban J connectivity index is 2.17. The highest BCUT2D eigenvalue weighted by atomic mass is 16.5. The van der Waals surface area contributed by atoms with Gasteiger partial charge in [-0.05, 0) is 18.9 Å². The van der Waals surface area contributed by atoms with E-state index in [1.54, 1.807) is 25.6 Å². The summed E-state index contributed by atoms with van der Waals surface area (Å²) in [6.07, 6.45) is 4.58. The summed E-state index contributed by atoms with van der Waals surface area (Å²) in [7, 11) is 1.55. The number of ether oxygens (including phenoxy) is 2. The first-order valence-electron chi connectivity index (χ1n) is 4.96. The lowest BCUT2D eigenvalue weighted by Crippen LogP contribution is -2.19. The van der Waals surface area contributed by atoms with Crippen LogP contribution in [0.15, 0.2) is 18.5 Å². The van der Waals surface area contributed by atoms with Crippen molar-refractivity contribution in [1.29, 1.82) is 0 Å². The van der Waals surface area contributed by atoms with Crippen LogP contribution in [0.4, 0.5) is 0 Å². The standard InChI is InChI=1S/C11H13NO3/c1-14-9-5-8(6-12-7-9)11(13)10-3-2-4-15-10/h5-7,10H,2-4H2,1H3. The number of ketones is 1. The van der Waals surface area contributed by atoms with Crippen molar-refractivity contribution in [2.24, 2.45) is 0 Å². The summed E-state index contributed by atoms with van der Waals surface area (Å²) in [5.74, 6) is 0.595. The molecular formula is C11H13NO3. The van der Waals surface area contributed by atoms with Crippen molar-refractivity contribution < 1.29 is 14.3 Å². The van der Waals surface area contributed by atoms with Gasteiger partial charge in [-0.1, -0.05) is 0 Å². The number of rotatable bonds is 3. The molecule has 80 valence electrons. The monoisotopic (exact) mass is 207 g/mol. The number of hydrogen-bond donors (Lipinski definition) is 0. The number of pyridine rings is 1. The molecule has 1 aromatic rings. The van der Waals surface area contributed by atoms with E-state index in [2.05, 4.69) is 4.98 Å². The number of carbonyl (C=O) groups is 1. The molecular weight excluding hydrogens is 194 g/mol. The van der Waals surface area contributed by atoms with Crippen LogP contribution in [0, 0.1) is 0 Å². The van der Waals surface area contributed by atoms with Crippen LogP contribution in [0.25, 0.3) is 0 Å². The zero-order valence-electron chi connectivity index (χ0n) is 8.60. The summed E-state index contributed by atoms with van der Waals surface area (Å²) < 4.78 is 10.3. The van der Waals surface area contributed by atoms with E-state index >= 15 is 0 Å². The molecule has 4 heteroatoms. The second kappa shape index (κ2) is 4.40. The Hall–Kier alpha value is -1.42. The highest BCUT2D eigenvalue weighted by Gasteiger charge is 2.25. The van der Waals surface area contributed by atoms with Gasteiger partial charge in [-0.2, -0.15) is 0 Å². The van der Waals surface area contributed by atoms with E-state index in [-0.39, 0.29) is 11.9 Å². The predicted octanol–water partition coefficient (Wildman–Crippen LogP) is 1.45. The Kier molecular flexibility index (Phi) is 2.97. The molecule has 2 heterocycles. The van der Waals surface area contributed by atoms with Gasteiger partial charge in [0.2, 0.25) is 0 Å². The van der Waals surface area contributed by atoms with Crippen LogP contribution in [-0.2, 0) is 4.74 Å². The van der Waals surface area contributed by atoms with Gasteiger partial charge < -0.3 is 9.47 Å². The Morgan fingerprint density at radius 3 is 3.13 bits per heavy atom. The quantitative estimate of drug-likeness (QED) is 0.704. The van der Waals surface area contributed by atoms with E-state index < -0.39 is 0 Å². The largest absolute Gasteiger partial charge is 0.495 e. The van der Waals surface area contributed by atoms with E-state index in [9.17, 15) is 4.79 Å². The van der Waals surface area contributed by atoms with Crippen molar-refractivity contribution in [1.82, 2.24) is 4.98 Å². The first-order valence-corrected chi connectivity index (χ1v) is 4.96. The maximum atomic E-state index is 11.9. The number of carbonyl (C=O) groups excluding carboxylic acids is 1. The second-order valence-electron chi connectivity index (χ2n) is 3.48. The van der Waals surface area contributed by atoms with E-state index in [1.165, 1.54) is 0 Å². The zero-order chi connectivity index (χ0) is 10.7.